The van der Waals surface area contributed by atoms with Crippen molar-refractivity contribution in [1.29, 1.82) is 0 Å². The number of aryl methyl sites for hydroxylation is 2. The van der Waals surface area contributed by atoms with Crippen LogP contribution in [0.1, 0.15) is 17.0 Å². The second-order valence-electron chi connectivity index (χ2n) is 4.64. The van der Waals surface area contributed by atoms with Crippen molar-refractivity contribution in [3.63, 3.8) is 0 Å². The molecule has 0 aliphatic rings. The van der Waals surface area contributed by atoms with Crippen molar-refractivity contribution in [3.05, 3.63) is 53.6 Å². The lowest BCUT2D eigenvalue weighted by Crippen LogP contribution is -2.24. The lowest BCUT2D eigenvalue weighted by molar-refractivity contribution is -0.116. The van der Waals surface area contributed by atoms with Crippen molar-refractivity contribution >= 4 is 12.0 Å². The highest BCUT2D eigenvalue weighted by atomic mass is 16.1. The summed E-state index contributed by atoms with van der Waals surface area (Å²) in [6.07, 6.45) is 5.66. The number of carbonyl (C=O) groups excluding carboxylic acids is 1. The van der Waals surface area contributed by atoms with Crippen molar-refractivity contribution in [2.24, 2.45) is 7.05 Å². The molecule has 0 aliphatic heterocycles. The molecule has 1 N–H and O–H groups in total. The Labute approximate surface area is 118 Å². The average molecular weight is 270 g/mol. The minimum Gasteiger partial charge on any atom is -0.352 e. The van der Waals surface area contributed by atoms with Crippen molar-refractivity contribution in [1.82, 2.24) is 20.1 Å². The molecule has 0 atom stereocenters. The van der Waals surface area contributed by atoms with E-state index < -0.39 is 0 Å². The molecule has 0 radical (unpaired) electrons. The zero-order valence-electron chi connectivity index (χ0n) is 11.7. The Kier molecular flexibility index (Phi) is 4.65. The van der Waals surface area contributed by atoms with Gasteiger partial charge in [0.25, 0.3) is 0 Å². The van der Waals surface area contributed by atoms with Gasteiger partial charge in [0.15, 0.2) is 0 Å². The first-order valence-corrected chi connectivity index (χ1v) is 6.50. The van der Waals surface area contributed by atoms with Gasteiger partial charge in [-0.3, -0.25) is 4.79 Å². The topological polar surface area (TPSA) is 59.8 Å². The molecular weight excluding hydrogens is 252 g/mol. The summed E-state index contributed by atoms with van der Waals surface area (Å²) >= 11 is 0. The third kappa shape index (κ3) is 4.05. The van der Waals surface area contributed by atoms with Gasteiger partial charge in [0, 0.05) is 26.1 Å². The van der Waals surface area contributed by atoms with Crippen LogP contribution in [0.15, 0.2) is 36.7 Å². The SMILES string of the molecule is Cc1ccc(C=CC(=O)NCCc2nncn2C)cc1. The van der Waals surface area contributed by atoms with Gasteiger partial charge in [-0.2, -0.15) is 0 Å². The molecule has 104 valence electrons. The normalized spacial score (nSPS) is 10.9. The highest BCUT2D eigenvalue weighted by Crippen LogP contribution is 2.04. The first-order valence-electron chi connectivity index (χ1n) is 6.50. The van der Waals surface area contributed by atoms with Crippen molar-refractivity contribution in [2.75, 3.05) is 6.54 Å². The number of nitrogens with one attached hydrogen (secondary N) is 1. The largest absolute Gasteiger partial charge is 0.352 e. The molecule has 0 unspecified atom stereocenters. The molecule has 2 aromatic rings. The van der Waals surface area contributed by atoms with Gasteiger partial charge in [-0.05, 0) is 18.6 Å². The molecule has 0 aliphatic carbocycles. The maximum absolute atomic E-state index is 11.7. The third-order valence-electron chi connectivity index (χ3n) is 2.96. The van der Waals surface area contributed by atoms with Crippen molar-refractivity contribution in [3.8, 4) is 0 Å². The predicted molar refractivity (Wildman–Crippen MR) is 77.9 cm³/mol. The van der Waals surface area contributed by atoms with Crippen LogP contribution in [-0.4, -0.2) is 27.2 Å². The number of nitrogens with zero attached hydrogens (tertiary/aromatic N) is 3. The maximum atomic E-state index is 11.7. The molecule has 0 saturated heterocycles. The van der Waals surface area contributed by atoms with Gasteiger partial charge >= 0.3 is 0 Å². The van der Waals surface area contributed by atoms with Crippen LogP contribution in [0, 0.1) is 6.92 Å². The maximum Gasteiger partial charge on any atom is 0.244 e. The van der Waals surface area contributed by atoms with Crippen LogP contribution < -0.4 is 5.32 Å². The van der Waals surface area contributed by atoms with E-state index in [0.29, 0.717) is 13.0 Å². The van der Waals surface area contributed by atoms with Gasteiger partial charge in [0.05, 0.1) is 0 Å². The van der Waals surface area contributed by atoms with Crippen LogP contribution in [0.5, 0.6) is 0 Å². The molecule has 2 rings (SSSR count). The van der Waals surface area contributed by atoms with E-state index in [-0.39, 0.29) is 5.91 Å². The number of hydrogen-bond acceptors (Lipinski definition) is 3. The molecule has 1 amide bonds. The summed E-state index contributed by atoms with van der Waals surface area (Å²) in [7, 11) is 1.88. The lowest BCUT2D eigenvalue weighted by atomic mass is 10.1. The fourth-order valence-corrected chi connectivity index (χ4v) is 1.74. The Morgan fingerprint density at radius 2 is 2.10 bits per heavy atom. The van der Waals surface area contributed by atoms with E-state index in [0.717, 1.165) is 11.4 Å². The van der Waals surface area contributed by atoms with E-state index in [1.807, 2.05) is 42.8 Å². The van der Waals surface area contributed by atoms with E-state index in [1.54, 1.807) is 18.5 Å². The van der Waals surface area contributed by atoms with E-state index in [9.17, 15) is 4.79 Å². The van der Waals surface area contributed by atoms with Crippen molar-refractivity contribution in [2.45, 2.75) is 13.3 Å². The molecule has 20 heavy (non-hydrogen) atoms. The molecule has 0 bridgehead atoms. The van der Waals surface area contributed by atoms with Gasteiger partial charge in [0.1, 0.15) is 12.2 Å². The van der Waals surface area contributed by atoms with Gasteiger partial charge < -0.3 is 9.88 Å². The number of carbonyl (C=O) groups is 1. The van der Waals surface area contributed by atoms with E-state index in [4.69, 9.17) is 0 Å². The highest BCUT2D eigenvalue weighted by molar-refractivity contribution is 5.91. The Morgan fingerprint density at radius 3 is 2.75 bits per heavy atom. The molecule has 1 heterocycles. The smallest absolute Gasteiger partial charge is 0.244 e. The third-order valence-corrected chi connectivity index (χ3v) is 2.96. The Balaban J connectivity index is 1.78. The van der Waals surface area contributed by atoms with Gasteiger partial charge in [-0.25, -0.2) is 0 Å². The van der Waals surface area contributed by atoms with Crippen LogP contribution in [0.4, 0.5) is 0 Å². The monoisotopic (exact) mass is 270 g/mol. The number of aromatic nitrogens is 3. The number of rotatable bonds is 5. The summed E-state index contributed by atoms with van der Waals surface area (Å²) in [5.74, 6) is 0.751. The molecule has 0 spiro atoms. The van der Waals surface area contributed by atoms with E-state index in [2.05, 4.69) is 15.5 Å². The molecular formula is C15H18N4O. The van der Waals surface area contributed by atoms with Crippen molar-refractivity contribution < 1.29 is 4.79 Å². The first kappa shape index (κ1) is 14.0. The second kappa shape index (κ2) is 6.65. The van der Waals surface area contributed by atoms with Gasteiger partial charge in [-0.15, -0.1) is 10.2 Å². The van der Waals surface area contributed by atoms with Crippen LogP contribution in [0.3, 0.4) is 0 Å². The quantitative estimate of drug-likeness (QED) is 0.837. The predicted octanol–water partition coefficient (Wildman–Crippen LogP) is 1.50. The van der Waals surface area contributed by atoms with Crippen LogP contribution >= 0.6 is 0 Å². The fraction of sp³-hybridized carbons (Fsp3) is 0.267. The van der Waals surface area contributed by atoms with Gasteiger partial charge in [0.2, 0.25) is 5.91 Å². The number of amides is 1. The minimum atomic E-state index is -0.104. The lowest BCUT2D eigenvalue weighted by Gasteiger charge is -2.01. The molecule has 5 nitrogen and oxygen atoms in total. The Bertz CT molecular complexity index is 599. The Hall–Kier alpha value is -2.43. The summed E-state index contributed by atoms with van der Waals surface area (Å²) in [5, 5.41) is 10.6. The summed E-state index contributed by atoms with van der Waals surface area (Å²) in [5.41, 5.74) is 2.22. The van der Waals surface area contributed by atoms with Crippen LogP contribution in [-0.2, 0) is 18.3 Å². The second-order valence-corrected chi connectivity index (χ2v) is 4.64. The number of benzene rings is 1. The zero-order valence-corrected chi connectivity index (χ0v) is 11.7. The fourth-order valence-electron chi connectivity index (χ4n) is 1.74. The minimum absolute atomic E-state index is 0.104. The number of hydrogen-bond donors (Lipinski definition) is 1. The average Bonchev–Trinajstić information content (AvgIpc) is 2.84. The molecule has 1 aromatic carbocycles. The Morgan fingerprint density at radius 1 is 1.35 bits per heavy atom. The first-order chi connectivity index (χ1) is 9.65. The molecule has 0 saturated carbocycles. The van der Waals surface area contributed by atoms with Crippen LogP contribution in [0.25, 0.3) is 6.08 Å². The van der Waals surface area contributed by atoms with E-state index in [1.165, 1.54) is 5.56 Å². The standard InChI is InChI=1S/C15H18N4O/c1-12-3-5-13(6-4-12)7-8-15(20)16-10-9-14-18-17-11-19(14)2/h3-8,11H,9-10H2,1-2H3,(H,16,20). The molecule has 5 heteroatoms. The van der Waals surface area contributed by atoms with E-state index >= 15 is 0 Å². The van der Waals surface area contributed by atoms with Gasteiger partial charge in [-0.1, -0.05) is 29.8 Å². The van der Waals surface area contributed by atoms with Crippen LogP contribution in [0.2, 0.25) is 0 Å². The summed E-state index contributed by atoms with van der Waals surface area (Å²) in [6, 6.07) is 8.01. The molecule has 0 fully saturated rings. The highest BCUT2D eigenvalue weighted by Gasteiger charge is 2.01. The summed E-state index contributed by atoms with van der Waals surface area (Å²) in [4.78, 5) is 11.7. The zero-order chi connectivity index (χ0) is 14.4. The summed E-state index contributed by atoms with van der Waals surface area (Å²) in [6.45, 7) is 2.58. The summed E-state index contributed by atoms with van der Waals surface area (Å²) < 4.78 is 1.84. The molecule has 1 aromatic heterocycles.